The van der Waals surface area contributed by atoms with Gasteiger partial charge in [0, 0.05) is 19.1 Å². The fourth-order valence-corrected chi connectivity index (χ4v) is 3.04. The van der Waals surface area contributed by atoms with E-state index >= 15 is 0 Å². The average Bonchev–Trinajstić information content (AvgIpc) is 2.84. The number of rotatable bonds is 3. The minimum atomic E-state index is 0.300. The highest BCUT2D eigenvalue weighted by molar-refractivity contribution is 5.78. The van der Waals surface area contributed by atoms with Crippen LogP contribution in [0.5, 0.6) is 0 Å². The van der Waals surface area contributed by atoms with Gasteiger partial charge in [0.25, 0.3) is 0 Å². The van der Waals surface area contributed by atoms with Crippen LogP contribution in [0.4, 0.5) is 0 Å². The van der Waals surface area contributed by atoms with E-state index in [2.05, 4.69) is 19.2 Å². The van der Waals surface area contributed by atoms with E-state index in [1.807, 2.05) is 4.90 Å². The zero-order valence-electron chi connectivity index (χ0n) is 11.2. The lowest BCUT2D eigenvalue weighted by molar-refractivity contribution is -0.129. The van der Waals surface area contributed by atoms with Crippen LogP contribution in [0, 0.1) is 11.8 Å². The van der Waals surface area contributed by atoms with Gasteiger partial charge in [-0.1, -0.05) is 13.8 Å². The van der Waals surface area contributed by atoms with Crippen LogP contribution in [0.1, 0.15) is 46.0 Å². The molecule has 0 aromatic carbocycles. The maximum Gasteiger partial charge on any atom is 0.236 e. The molecule has 98 valence electrons. The smallest absolute Gasteiger partial charge is 0.236 e. The number of carbonyl (C=O) groups excluding carboxylic acids is 1. The van der Waals surface area contributed by atoms with E-state index in [-0.39, 0.29) is 0 Å². The number of nitrogens with zero attached hydrogens (tertiary/aromatic N) is 1. The van der Waals surface area contributed by atoms with E-state index in [1.165, 1.54) is 32.1 Å². The molecule has 2 fully saturated rings. The molecule has 0 aromatic rings. The first kappa shape index (κ1) is 12.9. The zero-order valence-corrected chi connectivity index (χ0v) is 11.2. The SMILES string of the molecule is CC1CCC(NCC(=O)N2CCCC2)CC1C. The van der Waals surface area contributed by atoms with E-state index in [0.29, 0.717) is 18.5 Å². The molecule has 3 unspecified atom stereocenters. The summed E-state index contributed by atoms with van der Waals surface area (Å²) in [5, 5.41) is 3.46. The summed E-state index contributed by atoms with van der Waals surface area (Å²) in [6, 6.07) is 0.563. The van der Waals surface area contributed by atoms with Gasteiger partial charge < -0.3 is 10.2 Å². The van der Waals surface area contributed by atoms with Crippen molar-refractivity contribution in [2.45, 2.75) is 52.0 Å². The van der Waals surface area contributed by atoms with Crippen molar-refractivity contribution in [1.82, 2.24) is 10.2 Å². The van der Waals surface area contributed by atoms with Gasteiger partial charge in [0.05, 0.1) is 6.54 Å². The highest BCUT2D eigenvalue weighted by Gasteiger charge is 2.25. The molecular weight excluding hydrogens is 212 g/mol. The summed E-state index contributed by atoms with van der Waals surface area (Å²) in [6.07, 6.45) is 6.14. The van der Waals surface area contributed by atoms with Crippen LogP contribution in [-0.2, 0) is 4.79 Å². The minimum Gasteiger partial charge on any atom is -0.342 e. The molecule has 1 aliphatic heterocycles. The lowest BCUT2D eigenvalue weighted by Crippen LogP contribution is -2.43. The Morgan fingerprint density at radius 2 is 1.88 bits per heavy atom. The maximum atomic E-state index is 11.9. The van der Waals surface area contributed by atoms with Gasteiger partial charge in [-0.25, -0.2) is 0 Å². The Bertz CT molecular complexity index is 261. The van der Waals surface area contributed by atoms with E-state index in [4.69, 9.17) is 0 Å². The second-order valence-electron chi connectivity index (χ2n) is 5.93. The third kappa shape index (κ3) is 3.44. The first-order valence-corrected chi connectivity index (χ1v) is 7.18. The molecule has 1 saturated heterocycles. The Morgan fingerprint density at radius 3 is 2.53 bits per heavy atom. The van der Waals surface area contributed by atoms with Gasteiger partial charge in [0.15, 0.2) is 0 Å². The van der Waals surface area contributed by atoms with Crippen molar-refractivity contribution < 1.29 is 4.79 Å². The summed E-state index contributed by atoms with van der Waals surface area (Å²) < 4.78 is 0. The second-order valence-corrected chi connectivity index (χ2v) is 5.93. The van der Waals surface area contributed by atoms with Crippen LogP contribution < -0.4 is 5.32 Å². The highest BCUT2D eigenvalue weighted by Crippen LogP contribution is 2.29. The Kier molecular flexibility index (Phi) is 4.43. The number of likely N-dealkylation sites (tertiary alicyclic amines) is 1. The van der Waals surface area contributed by atoms with E-state index in [0.717, 1.165) is 24.9 Å². The molecule has 0 spiro atoms. The number of hydrogen-bond acceptors (Lipinski definition) is 2. The fraction of sp³-hybridized carbons (Fsp3) is 0.929. The van der Waals surface area contributed by atoms with Crippen molar-refractivity contribution in [3.05, 3.63) is 0 Å². The predicted octanol–water partition coefficient (Wildman–Crippen LogP) is 2.02. The topological polar surface area (TPSA) is 32.3 Å². The van der Waals surface area contributed by atoms with Gasteiger partial charge in [-0.2, -0.15) is 0 Å². The Labute approximate surface area is 105 Å². The largest absolute Gasteiger partial charge is 0.342 e. The summed E-state index contributed by atoms with van der Waals surface area (Å²) in [5.41, 5.74) is 0. The lowest BCUT2D eigenvalue weighted by atomic mass is 9.79. The molecule has 3 nitrogen and oxygen atoms in total. The standard InChI is InChI=1S/C14H26N2O/c1-11-5-6-13(9-12(11)2)15-10-14(17)16-7-3-4-8-16/h11-13,15H,3-10H2,1-2H3. The van der Waals surface area contributed by atoms with Gasteiger partial charge >= 0.3 is 0 Å². The molecule has 0 aromatic heterocycles. The predicted molar refractivity (Wildman–Crippen MR) is 69.8 cm³/mol. The normalized spacial score (nSPS) is 34.0. The van der Waals surface area contributed by atoms with Crippen LogP contribution in [0.2, 0.25) is 0 Å². The first-order chi connectivity index (χ1) is 8.16. The molecule has 0 bridgehead atoms. The van der Waals surface area contributed by atoms with Gasteiger partial charge in [0.2, 0.25) is 5.91 Å². The van der Waals surface area contributed by atoms with E-state index in [1.54, 1.807) is 0 Å². The van der Waals surface area contributed by atoms with Crippen LogP contribution in [-0.4, -0.2) is 36.5 Å². The number of nitrogens with one attached hydrogen (secondary N) is 1. The zero-order chi connectivity index (χ0) is 12.3. The molecule has 2 rings (SSSR count). The second kappa shape index (κ2) is 5.85. The summed E-state index contributed by atoms with van der Waals surface area (Å²) in [4.78, 5) is 13.9. The van der Waals surface area contributed by atoms with Gasteiger partial charge in [-0.05, 0) is 43.9 Å². The number of hydrogen-bond donors (Lipinski definition) is 1. The van der Waals surface area contributed by atoms with Crippen LogP contribution >= 0.6 is 0 Å². The number of amides is 1. The molecule has 1 aliphatic carbocycles. The average molecular weight is 238 g/mol. The van der Waals surface area contributed by atoms with Crippen LogP contribution in [0.3, 0.4) is 0 Å². The molecule has 3 heteroatoms. The summed E-state index contributed by atoms with van der Waals surface area (Å²) in [7, 11) is 0. The van der Waals surface area contributed by atoms with Crippen LogP contribution in [0.25, 0.3) is 0 Å². The Hall–Kier alpha value is -0.570. The summed E-state index contributed by atoms with van der Waals surface area (Å²) in [5.74, 6) is 1.94. The number of carbonyl (C=O) groups is 1. The quantitative estimate of drug-likeness (QED) is 0.816. The molecule has 1 saturated carbocycles. The molecule has 1 amide bonds. The maximum absolute atomic E-state index is 11.9. The minimum absolute atomic E-state index is 0.300. The fourth-order valence-electron chi connectivity index (χ4n) is 3.04. The summed E-state index contributed by atoms with van der Waals surface area (Å²) in [6.45, 7) is 7.17. The molecule has 0 radical (unpaired) electrons. The first-order valence-electron chi connectivity index (χ1n) is 7.18. The molecule has 1 heterocycles. The summed E-state index contributed by atoms with van der Waals surface area (Å²) >= 11 is 0. The molecule has 3 atom stereocenters. The van der Waals surface area contributed by atoms with Crippen molar-refractivity contribution >= 4 is 5.91 Å². The van der Waals surface area contributed by atoms with E-state index < -0.39 is 0 Å². The van der Waals surface area contributed by atoms with Crippen LogP contribution in [0.15, 0.2) is 0 Å². The molecule has 2 aliphatic rings. The van der Waals surface area contributed by atoms with Crippen molar-refractivity contribution in [2.75, 3.05) is 19.6 Å². The van der Waals surface area contributed by atoms with Crippen molar-refractivity contribution in [3.8, 4) is 0 Å². The third-order valence-electron chi connectivity index (χ3n) is 4.60. The lowest BCUT2D eigenvalue weighted by Gasteiger charge is -2.32. The Balaban J connectivity index is 1.69. The highest BCUT2D eigenvalue weighted by atomic mass is 16.2. The Morgan fingerprint density at radius 1 is 1.18 bits per heavy atom. The molecular formula is C14H26N2O. The van der Waals surface area contributed by atoms with Crippen molar-refractivity contribution in [2.24, 2.45) is 11.8 Å². The van der Waals surface area contributed by atoms with Gasteiger partial charge in [-0.15, -0.1) is 0 Å². The van der Waals surface area contributed by atoms with Crippen molar-refractivity contribution in [1.29, 1.82) is 0 Å². The van der Waals surface area contributed by atoms with E-state index in [9.17, 15) is 4.79 Å². The van der Waals surface area contributed by atoms with Gasteiger partial charge in [0.1, 0.15) is 0 Å². The monoisotopic (exact) mass is 238 g/mol. The van der Waals surface area contributed by atoms with Gasteiger partial charge in [-0.3, -0.25) is 4.79 Å². The molecule has 1 N–H and O–H groups in total. The third-order valence-corrected chi connectivity index (χ3v) is 4.60. The van der Waals surface area contributed by atoms with Crippen molar-refractivity contribution in [3.63, 3.8) is 0 Å². The molecule has 17 heavy (non-hydrogen) atoms.